The Labute approximate surface area is 130 Å². The first-order valence-electron chi connectivity index (χ1n) is 8.09. The highest BCUT2D eigenvalue weighted by Crippen LogP contribution is 2.25. The molecule has 7 nitrogen and oxygen atoms in total. The van der Waals surface area contributed by atoms with Crippen LogP contribution in [0.1, 0.15) is 35.4 Å². The van der Waals surface area contributed by atoms with Gasteiger partial charge in [0.05, 0.1) is 0 Å². The average molecular weight is 308 g/mol. The standard InChI is InChI=1S/C15H24N4O3/c1-11-14(17-22-16-11)15(21)19-8-12(6-13(9-19)10-20)7-18-4-2-3-5-18/h12-13,20H,2-10H2,1H3/t12-,13-/m1/s1. The molecule has 2 fully saturated rings. The van der Waals surface area contributed by atoms with E-state index in [0.717, 1.165) is 32.6 Å². The van der Waals surface area contributed by atoms with Crippen molar-refractivity contribution in [3.63, 3.8) is 0 Å². The first kappa shape index (κ1) is 15.4. The molecule has 2 aliphatic heterocycles. The zero-order valence-corrected chi connectivity index (χ0v) is 13.1. The zero-order chi connectivity index (χ0) is 15.5. The number of aliphatic hydroxyl groups excluding tert-OH is 1. The summed E-state index contributed by atoms with van der Waals surface area (Å²) in [6.07, 6.45) is 3.51. The number of nitrogens with zero attached hydrogens (tertiary/aromatic N) is 4. The molecule has 1 N–H and O–H groups in total. The number of amides is 1. The van der Waals surface area contributed by atoms with Gasteiger partial charge in [-0.3, -0.25) is 4.79 Å². The summed E-state index contributed by atoms with van der Waals surface area (Å²) in [6, 6.07) is 0. The van der Waals surface area contributed by atoms with Crippen molar-refractivity contribution in [2.24, 2.45) is 11.8 Å². The van der Waals surface area contributed by atoms with E-state index in [0.29, 0.717) is 23.9 Å². The lowest BCUT2D eigenvalue weighted by molar-refractivity contribution is 0.0456. The molecule has 3 heterocycles. The molecule has 122 valence electrons. The summed E-state index contributed by atoms with van der Waals surface area (Å²) in [5, 5.41) is 17.0. The first-order valence-corrected chi connectivity index (χ1v) is 8.09. The van der Waals surface area contributed by atoms with Crippen molar-refractivity contribution in [3.05, 3.63) is 11.4 Å². The molecule has 1 aromatic rings. The van der Waals surface area contributed by atoms with Crippen molar-refractivity contribution in [2.45, 2.75) is 26.2 Å². The summed E-state index contributed by atoms with van der Waals surface area (Å²) in [6.45, 7) is 6.46. The minimum absolute atomic E-state index is 0.121. The molecule has 0 spiro atoms. The summed E-state index contributed by atoms with van der Waals surface area (Å²) in [7, 11) is 0. The van der Waals surface area contributed by atoms with Crippen molar-refractivity contribution >= 4 is 5.91 Å². The van der Waals surface area contributed by atoms with E-state index in [1.54, 1.807) is 11.8 Å². The second-order valence-electron chi connectivity index (χ2n) is 6.57. The fourth-order valence-electron chi connectivity index (χ4n) is 3.65. The number of likely N-dealkylation sites (tertiary alicyclic amines) is 2. The van der Waals surface area contributed by atoms with Crippen molar-refractivity contribution < 1.29 is 14.5 Å². The van der Waals surface area contributed by atoms with Crippen LogP contribution >= 0.6 is 0 Å². The van der Waals surface area contributed by atoms with Crippen LogP contribution in [0.3, 0.4) is 0 Å². The molecular formula is C15H24N4O3. The minimum Gasteiger partial charge on any atom is -0.396 e. The molecule has 1 aromatic heterocycles. The van der Waals surface area contributed by atoms with Gasteiger partial charge in [0.1, 0.15) is 5.69 Å². The molecule has 7 heteroatoms. The van der Waals surface area contributed by atoms with E-state index in [1.165, 1.54) is 12.8 Å². The number of hydrogen-bond acceptors (Lipinski definition) is 6. The van der Waals surface area contributed by atoms with Gasteiger partial charge in [-0.05, 0) is 56.3 Å². The number of aromatic nitrogens is 2. The van der Waals surface area contributed by atoms with Gasteiger partial charge in [0.15, 0.2) is 5.69 Å². The topological polar surface area (TPSA) is 82.7 Å². The van der Waals surface area contributed by atoms with Crippen molar-refractivity contribution in [3.8, 4) is 0 Å². The smallest absolute Gasteiger partial charge is 0.278 e. The summed E-state index contributed by atoms with van der Waals surface area (Å²) in [5.41, 5.74) is 0.811. The van der Waals surface area contributed by atoms with Crippen molar-refractivity contribution in [1.82, 2.24) is 20.1 Å². The van der Waals surface area contributed by atoms with Crippen LogP contribution in [-0.4, -0.2) is 70.5 Å². The van der Waals surface area contributed by atoms with E-state index in [2.05, 4.69) is 19.8 Å². The van der Waals surface area contributed by atoms with Crippen molar-refractivity contribution in [1.29, 1.82) is 0 Å². The summed E-state index contributed by atoms with van der Waals surface area (Å²) < 4.78 is 4.64. The molecule has 0 radical (unpaired) electrons. The van der Waals surface area contributed by atoms with E-state index in [4.69, 9.17) is 0 Å². The number of aliphatic hydroxyl groups is 1. The molecular weight excluding hydrogens is 284 g/mol. The van der Waals surface area contributed by atoms with Crippen LogP contribution in [0.15, 0.2) is 4.63 Å². The van der Waals surface area contributed by atoms with Crippen LogP contribution in [0.2, 0.25) is 0 Å². The molecule has 0 unspecified atom stereocenters. The second kappa shape index (κ2) is 6.75. The molecule has 0 saturated carbocycles. The number of piperidine rings is 1. The van der Waals surface area contributed by atoms with E-state index in [9.17, 15) is 9.90 Å². The third kappa shape index (κ3) is 3.30. The Balaban J connectivity index is 1.67. The van der Waals surface area contributed by atoms with E-state index < -0.39 is 0 Å². The van der Waals surface area contributed by atoms with Gasteiger partial charge in [-0.25, -0.2) is 4.63 Å². The molecule has 2 saturated heterocycles. The van der Waals surface area contributed by atoms with Gasteiger partial charge in [-0.2, -0.15) is 0 Å². The minimum atomic E-state index is -0.136. The molecule has 3 rings (SSSR count). The van der Waals surface area contributed by atoms with Gasteiger partial charge < -0.3 is 14.9 Å². The third-order valence-corrected chi connectivity index (χ3v) is 4.74. The fraction of sp³-hybridized carbons (Fsp3) is 0.800. The Hall–Kier alpha value is -1.47. The van der Waals surface area contributed by atoms with E-state index >= 15 is 0 Å². The highest BCUT2D eigenvalue weighted by molar-refractivity contribution is 5.93. The normalized spacial score (nSPS) is 26.5. The highest BCUT2D eigenvalue weighted by atomic mass is 16.6. The number of hydrogen-bond donors (Lipinski definition) is 1. The molecule has 2 atom stereocenters. The molecule has 0 bridgehead atoms. The van der Waals surface area contributed by atoms with Gasteiger partial charge in [-0.1, -0.05) is 5.16 Å². The average Bonchev–Trinajstić information content (AvgIpc) is 3.17. The molecule has 22 heavy (non-hydrogen) atoms. The van der Waals surface area contributed by atoms with Crippen LogP contribution < -0.4 is 0 Å². The highest BCUT2D eigenvalue weighted by Gasteiger charge is 2.33. The zero-order valence-electron chi connectivity index (χ0n) is 13.1. The van der Waals surface area contributed by atoms with Crippen molar-refractivity contribution in [2.75, 3.05) is 39.3 Å². The van der Waals surface area contributed by atoms with Gasteiger partial charge in [0.2, 0.25) is 0 Å². The number of carbonyl (C=O) groups is 1. The van der Waals surface area contributed by atoms with Crippen LogP contribution in [-0.2, 0) is 0 Å². The van der Waals surface area contributed by atoms with Gasteiger partial charge in [0, 0.05) is 26.2 Å². The maximum Gasteiger partial charge on any atom is 0.278 e. The molecule has 0 aromatic carbocycles. The Kier molecular flexibility index (Phi) is 4.73. The lowest BCUT2D eigenvalue weighted by Crippen LogP contribution is -2.48. The van der Waals surface area contributed by atoms with Gasteiger partial charge in [-0.15, -0.1) is 0 Å². The summed E-state index contributed by atoms with van der Waals surface area (Å²) in [4.78, 5) is 16.9. The van der Waals surface area contributed by atoms with Crippen LogP contribution in [0, 0.1) is 18.8 Å². The maximum absolute atomic E-state index is 12.6. The van der Waals surface area contributed by atoms with E-state index in [-0.39, 0.29) is 18.4 Å². The Morgan fingerprint density at radius 2 is 2.00 bits per heavy atom. The van der Waals surface area contributed by atoms with E-state index in [1.807, 2.05) is 0 Å². The quantitative estimate of drug-likeness (QED) is 0.874. The first-order chi connectivity index (χ1) is 10.7. The second-order valence-corrected chi connectivity index (χ2v) is 6.57. The lowest BCUT2D eigenvalue weighted by atomic mass is 9.89. The Morgan fingerprint density at radius 1 is 1.27 bits per heavy atom. The third-order valence-electron chi connectivity index (χ3n) is 4.74. The predicted octanol–water partition coefficient (Wildman–Crippen LogP) is 0.544. The van der Waals surface area contributed by atoms with Crippen LogP contribution in [0.5, 0.6) is 0 Å². The maximum atomic E-state index is 12.6. The van der Waals surface area contributed by atoms with Crippen LogP contribution in [0.25, 0.3) is 0 Å². The monoisotopic (exact) mass is 308 g/mol. The molecule has 1 amide bonds. The number of rotatable bonds is 4. The summed E-state index contributed by atoms with van der Waals surface area (Å²) in [5.74, 6) is 0.418. The largest absolute Gasteiger partial charge is 0.396 e. The summed E-state index contributed by atoms with van der Waals surface area (Å²) >= 11 is 0. The van der Waals surface area contributed by atoms with Gasteiger partial charge in [0.25, 0.3) is 5.91 Å². The Morgan fingerprint density at radius 3 is 2.64 bits per heavy atom. The van der Waals surface area contributed by atoms with Crippen LogP contribution in [0.4, 0.5) is 0 Å². The van der Waals surface area contributed by atoms with Gasteiger partial charge >= 0.3 is 0 Å². The number of carbonyl (C=O) groups excluding carboxylic acids is 1. The lowest BCUT2D eigenvalue weighted by Gasteiger charge is -2.38. The SMILES string of the molecule is Cc1nonc1C(=O)N1C[C@H](CO)C[C@H](CN2CCCC2)C1. The number of aryl methyl sites for hydroxylation is 1. The predicted molar refractivity (Wildman–Crippen MR) is 79.3 cm³/mol. The Bertz CT molecular complexity index is 513. The molecule has 2 aliphatic rings. The fourth-order valence-corrected chi connectivity index (χ4v) is 3.65. The molecule has 0 aliphatic carbocycles.